The third-order valence-electron chi connectivity index (χ3n) is 4.34. The molecule has 2 N–H and O–H groups in total. The maximum atomic E-state index is 5.58. The summed E-state index contributed by atoms with van der Waals surface area (Å²) in [5.74, 6) is 1.86. The smallest absolute Gasteiger partial charge is 0.191 e. The Bertz CT molecular complexity index is 506. The second-order valence-electron chi connectivity index (χ2n) is 6.99. The van der Waals surface area contributed by atoms with Gasteiger partial charge in [0.05, 0.1) is 25.6 Å². The quantitative estimate of drug-likeness (QED) is 0.196. The van der Waals surface area contributed by atoms with Crippen LogP contribution < -0.4 is 10.6 Å². The van der Waals surface area contributed by atoms with Gasteiger partial charge in [0.15, 0.2) is 5.96 Å². The van der Waals surface area contributed by atoms with Crippen LogP contribution in [0.5, 0.6) is 0 Å². The lowest BCUT2D eigenvalue weighted by Gasteiger charge is -2.26. The minimum Gasteiger partial charge on any atom is -0.469 e. The number of ether oxygens (including phenoxy) is 2. The number of rotatable bonds is 12. The molecule has 1 aliphatic rings. The van der Waals surface area contributed by atoms with Crippen LogP contribution in [0, 0.1) is 0 Å². The van der Waals surface area contributed by atoms with Gasteiger partial charge >= 0.3 is 0 Å². The molecule has 0 spiro atoms. The minimum atomic E-state index is 0. The van der Waals surface area contributed by atoms with Gasteiger partial charge in [-0.2, -0.15) is 0 Å². The van der Waals surface area contributed by atoms with Gasteiger partial charge in [-0.15, -0.1) is 24.0 Å². The summed E-state index contributed by atoms with van der Waals surface area (Å²) >= 11 is 0. The monoisotopic (exact) mass is 508 g/mol. The van der Waals surface area contributed by atoms with Crippen molar-refractivity contribution in [2.24, 2.45) is 4.99 Å². The van der Waals surface area contributed by atoms with Gasteiger partial charge in [0, 0.05) is 52.3 Å². The number of morpholine rings is 1. The summed E-state index contributed by atoms with van der Waals surface area (Å²) in [6, 6.07) is 3.92. The highest BCUT2D eigenvalue weighted by atomic mass is 127. The number of nitrogens with one attached hydrogen (secondary N) is 2. The molecule has 1 aromatic rings. The second-order valence-corrected chi connectivity index (χ2v) is 6.99. The van der Waals surface area contributed by atoms with Gasteiger partial charge in [0.25, 0.3) is 0 Å². The first-order valence-corrected chi connectivity index (χ1v) is 10.2. The predicted octanol–water partition coefficient (Wildman–Crippen LogP) is 2.51. The Hall–Kier alpha value is -0.840. The van der Waals surface area contributed by atoms with Gasteiger partial charge in [-0.25, -0.2) is 0 Å². The van der Waals surface area contributed by atoms with Crippen LogP contribution in [-0.4, -0.2) is 76.1 Å². The van der Waals surface area contributed by atoms with Gasteiger partial charge in [-0.1, -0.05) is 0 Å². The number of nitrogens with zero attached hydrogens (tertiary/aromatic N) is 2. The zero-order valence-electron chi connectivity index (χ0n) is 17.3. The molecule has 0 aromatic carbocycles. The zero-order valence-corrected chi connectivity index (χ0v) is 19.7. The predicted molar refractivity (Wildman–Crippen MR) is 124 cm³/mol. The lowest BCUT2D eigenvalue weighted by Crippen LogP contribution is -2.44. The molecule has 0 unspecified atom stereocenters. The minimum absolute atomic E-state index is 0. The molecule has 162 valence electrons. The average Bonchev–Trinajstić information content (AvgIpc) is 3.18. The first-order valence-electron chi connectivity index (χ1n) is 10.2. The molecule has 8 heteroatoms. The van der Waals surface area contributed by atoms with Crippen LogP contribution >= 0.6 is 24.0 Å². The first kappa shape index (κ1) is 25.2. The summed E-state index contributed by atoms with van der Waals surface area (Å²) in [4.78, 5) is 7.12. The van der Waals surface area contributed by atoms with E-state index in [4.69, 9.17) is 18.9 Å². The van der Waals surface area contributed by atoms with E-state index >= 15 is 0 Å². The van der Waals surface area contributed by atoms with Crippen LogP contribution in [0.2, 0.25) is 0 Å². The molecule has 2 rings (SSSR count). The lowest BCUT2D eigenvalue weighted by molar-refractivity contribution is 0.0389. The van der Waals surface area contributed by atoms with Crippen molar-refractivity contribution in [2.75, 3.05) is 59.1 Å². The standard InChI is InChI=1S/C20H36N4O3.HI/c1-18(2)26-14-4-3-8-21-20(22-9-7-19-6-5-15-27-19)23-10-11-24-12-16-25-17-13-24;/h5-6,15,18H,3-4,7-14,16-17H2,1-2H3,(H2,21,22,23);1H. The van der Waals surface area contributed by atoms with Crippen molar-refractivity contribution in [3.8, 4) is 0 Å². The van der Waals surface area contributed by atoms with E-state index in [2.05, 4.69) is 29.4 Å². The fourth-order valence-electron chi connectivity index (χ4n) is 2.81. The van der Waals surface area contributed by atoms with Crippen LogP contribution in [0.4, 0.5) is 0 Å². The van der Waals surface area contributed by atoms with Crippen molar-refractivity contribution in [3.05, 3.63) is 24.2 Å². The van der Waals surface area contributed by atoms with E-state index < -0.39 is 0 Å². The maximum Gasteiger partial charge on any atom is 0.191 e. The second kappa shape index (κ2) is 16.0. The number of halogens is 1. The molecule has 28 heavy (non-hydrogen) atoms. The number of furan rings is 1. The largest absolute Gasteiger partial charge is 0.469 e. The van der Waals surface area contributed by atoms with Gasteiger partial charge < -0.3 is 24.5 Å². The molecule has 2 heterocycles. The van der Waals surface area contributed by atoms with Gasteiger partial charge in [0.2, 0.25) is 0 Å². The van der Waals surface area contributed by atoms with Crippen LogP contribution in [0.15, 0.2) is 27.8 Å². The highest BCUT2D eigenvalue weighted by Crippen LogP contribution is 2.00. The molecule has 0 radical (unpaired) electrons. The van der Waals surface area contributed by atoms with E-state index in [0.717, 1.165) is 90.1 Å². The molecule has 0 saturated carbocycles. The normalized spacial score (nSPS) is 15.5. The van der Waals surface area contributed by atoms with E-state index in [9.17, 15) is 0 Å². The van der Waals surface area contributed by atoms with Crippen molar-refractivity contribution in [1.29, 1.82) is 0 Å². The molecule has 1 aromatic heterocycles. The Balaban J connectivity index is 0.00000392. The lowest BCUT2D eigenvalue weighted by atomic mass is 10.3. The SMILES string of the molecule is CC(C)OCCCCN=C(NCCc1ccco1)NCCN1CCOCC1.I. The van der Waals surface area contributed by atoms with Crippen molar-refractivity contribution < 1.29 is 13.9 Å². The Kier molecular flexibility index (Phi) is 14.4. The molecular weight excluding hydrogens is 471 g/mol. The summed E-state index contributed by atoms with van der Waals surface area (Å²) in [5.41, 5.74) is 0. The van der Waals surface area contributed by atoms with Crippen LogP contribution in [-0.2, 0) is 15.9 Å². The van der Waals surface area contributed by atoms with E-state index in [1.807, 2.05) is 12.1 Å². The molecule has 7 nitrogen and oxygen atoms in total. The molecule has 1 saturated heterocycles. The Labute approximate surface area is 186 Å². The van der Waals surface area contributed by atoms with E-state index in [-0.39, 0.29) is 24.0 Å². The Morgan fingerprint density at radius 2 is 2.00 bits per heavy atom. The van der Waals surface area contributed by atoms with Crippen molar-refractivity contribution >= 4 is 29.9 Å². The highest BCUT2D eigenvalue weighted by molar-refractivity contribution is 14.0. The Morgan fingerprint density at radius 1 is 1.21 bits per heavy atom. The van der Waals surface area contributed by atoms with Crippen molar-refractivity contribution in [2.45, 2.75) is 39.2 Å². The van der Waals surface area contributed by atoms with Gasteiger partial charge in [-0.05, 0) is 38.8 Å². The molecule has 1 aliphatic heterocycles. The van der Waals surface area contributed by atoms with Crippen LogP contribution in [0.3, 0.4) is 0 Å². The summed E-state index contributed by atoms with van der Waals surface area (Å²) < 4.78 is 16.4. The molecule has 0 amide bonds. The average molecular weight is 508 g/mol. The number of unbranched alkanes of at least 4 members (excludes halogenated alkanes) is 1. The number of hydrogen-bond donors (Lipinski definition) is 2. The first-order chi connectivity index (χ1) is 13.2. The van der Waals surface area contributed by atoms with E-state index in [0.29, 0.717) is 6.10 Å². The fraction of sp³-hybridized carbons (Fsp3) is 0.750. The van der Waals surface area contributed by atoms with Crippen LogP contribution in [0.1, 0.15) is 32.4 Å². The molecule has 1 fully saturated rings. The summed E-state index contributed by atoms with van der Waals surface area (Å²) in [5, 5.41) is 6.86. The molecule has 0 bridgehead atoms. The zero-order chi connectivity index (χ0) is 19.2. The number of aliphatic imine (C=N–C) groups is 1. The third kappa shape index (κ3) is 11.9. The highest BCUT2D eigenvalue weighted by Gasteiger charge is 2.09. The summed E-state index contributed by atoms with van der Waals surface area (Å²) in [6.07, 6.45) is 4.93. The van der Waals surface area contributed by atoms with E-state index in [1.165, 1.54) is 0 Å². The third-order valence-corrected chi connectivity index (χ3v) is 4.34. The van der Waals surface area contributed by atoms with Gasteiger partial charge in [-0.3, -0.25) is 9.89 Å². The molecular formula is C20H37IN4O3. The topological polar surface area (TPSA) is 71.3 Å². The maximum absolute atomic E-state index is 5.58. The number of hydrogen-bond acceptors (Lipinski definition) is 5. The molecule has 0 aliphatic carbocycles. The van der Waals surface area contributed by atoms with Crippen LogP contribution in [0.25, 0.3) is 0 Å². The van der Waals surface area contributed by atoms with Crippen molar-refractivity contribution in [3.63, 3.8) is 0 Å². The van der Waals surface area contributed by atoms with Gasteiger partial charge in [0.1, 0.15) is 5.76 Å². The van der Waals surface area contributed by atoms with E-state index in [1.54, 1.807) is 6.26 Å². The number of guanidine groups is 1. The summed E-state index contributed by atoms with van der Waals surface area (Å²) in [7, 11) is 0. The molecule has 0 atom stereocenters. The van der Waals surface area contributed by atoms with Crippen molar-refractivity contribution in [1.82, 2.24) is 15.5 Å². The summed E-state index contributed by atoms with van der Waals surface area (Å²) in [6.45, 7) is 12.1. The fourth-order valence-corrected chi connectivity index (χ4v) is 2.81. The Morgan fingerprint density at radius 3 is 2.71 bits per heavy atom.